The number of hydrogen-bond donors (Lipinski definition) is 2. The maximum atomic E-state index is 13.6. The van der Waals surface area contributed by atoms with Crippen LogP contribution >= 0.6 is 11.8 Å². The van der Waals surface area contributed by atoms with Gasteiger partial charge in [-0.1, -0.05) is 35.5 Å². The molecule has 0 radical (unpaired) electrons. The molecule has 9 heteroatoms. The van der Waals surface area contributed by atoms with Crippen LogP contribution in [0.25, 0.3) is 0 Å². The summed E-state index contributed by atoms with van der Waals surface area (Å²) >= 11 is 1.23. The van der Waals surface area contributed by atoms with Crippen molar-refractivity contribution in [3.8, 4) is 0 Å². The molecule has 3 aromatic rings. The maximum Gasteiger partial charge on any atom is 0.251 e. The number of rotatable bonds is 8. The van der Waals surface area contributed by atoms with Crippen molar-refractivity contribution in [3.63, 3.8) is 0 Å². The number of nitrogens with zero attached hydrogens (tertiary/aromatic N) is 3. The molecule has 0 aliphatic heterocycles. The highest BCUT2D eigenvalue weighted by atomic mass is 32.2. The van der Waals surface area contributed by atoms with E-state index >= 15 is 0 Å². The summed E-state index contributed by atoms with van der Waals surface area (Å²) < 4.78 is 15.5. The number of carbonyl (C=O) groups excluding carboxylic acids is 2. The summed E-state index contributed by atoms with van der Waals surface area (Å²) in [5, 5.41) is 14.4. The lowest BCUT2D eigenvalue weighted by Gasteiger charge is -2.10. The molecule has 0 unspecified atom stereocenters. The SMILES string of the molecule is CCn1c(CNC(=O)c2ccc(C)cc2)nnc1SCC(=O)Nc1cccc(F)c1C. The molecule has 2 amide bonds. The Morgan fingerprint density at radius 3 is 2.55 bits per heavy atom. The smallest absolute Gasteiger partial charge is 0.251 e. The van der Waals surface area contributed by atoms with E-state index in [1.807, 2.05) is 30.5 Å². The Bertz CT molecular complexity index is 1080. The summed E-state index contributed by atoms with van der Waals surface area (Å²) in [6.45, 7) is 6.33. The zero-order chi connectivity index (χ0) is 22.4. The second-order valence-electron chi connectivity index (χ2n) is 6.94. The number of nitrogens with one attached hydrogen (secondary N) is 2. The van der Waals surface area contributed by atoms with Crippen molar-refractivity contribution in [2.24, 2.45) is 0 Å². The molecule has 0 atom stereocenters. The molecular formula is C22H24FN5O2S. The van der Waals surface area contributed by atoms with Crippen LogP contribution in [0.1, 0.15) is 34.2 Å². The van der Waals surface area contributed by atoms with E-state index in [1.54, 1.807) is 31.2 Å². The Morgan fingerprint density at radius 2 is 1.84 bits per heavy atom. The van der Waals surface area contributed by atoms with Gasteiger partial charge in [0.1, 0.15) is 5.82 Å². The Kier molecular flexibility index (Phi) is 7.41. The molecule has 0 spiro atoms. The van der Waals surface area contributed by atoms with Gasteiger partial charge in [0.15, 0.2) is 11.0 Å². The van der Waals surface area contributed by atoms with Gasteiger partial charge in [-0.3, -0.25) is 9.59 Å². The van der Waals surface area contributed by atoms with Gasteiger partial charge in [-0.2, -0.15) is 0 Å². The predicted molar refractivity (Wildman–Crippen MR) is 119 cm³/mol. The highest BCUT2D eigenvalue weighted by Gasteiger charge is 2.15. The van der Waals surface area contributed by atoms with Crippen molar-refractivity contribution in [3.05, 3.63) is 70.8 Å². The molecule has 3 rings (SSSR count). The first-order chi connectivity index (χ1) is 14.9. The van der Waals surface area contributed by atoms with E-state index in [0.717, 1.165) is 5.56 Å². The fourth-order valence-corrected chi connectivity index (χ4v) is 3.72. The molecule has 0 bridgehead atoms. The van der Waals surface area contributed by atoms with Gasteiger partial charge in [-0.15, -0.1) is 10.2 Å². The highest BCUT2D eigenvalue weighted by Crippen LogP contribution is 2.20. The molecule has 0 fully saturated rings. The molecule has 1 heterocycles. The molecule has 2 N–H and O–H groups in total. The monoisotopic (exact) mass is 441 g/mol. The predicted octanol–water partition coefficient (Wildman–Crippen LogP) is 3.71. The first-order valence-electron chi connectivity index (χ1n) is 9.83. The third-order valence-corrected chi connectivity index (χ3v) is 5.67. The van der Waals surface area contributed by atoms with Gasteiger partial charge in [0.25, 0.3) is 5.91 Å². The van der Waals surface area contributed by atoms with Crippen LogP contribution < -0.4 is 10.6 Å². The summed E-state index contributed by atoms with van der Waals surface area (Å²) in [5.41, 5.74) is 2.50. The average molecular weight is 442 g/mol. The molecule has 0 saturated heterocycles. The van der Waals surface area contributed by atoms with Gasteiger partial charge >= 0.3 is 0 Å². The highest BCUT2D eigenvalue weighted by molar-refractivity contribution is 7.99. The van der Waals surface area contributed by atoms with E-state index in [2.05, 4.69) is 20.8 Å². The molecule has 7 nitrogen and oxygen atoms in total. The van der Waals surface area contributed by atoms with E-state index in [9.17, 15) is 14.0 Å². The zero-order valence-corrected chi connectivity index (χ0v) is 18.4. The third-order valence-electron chi connectivity index (χ3n) is 4.70. The Balaban J connectivity index is 1.58. The number of carbonyl (C=O) groups is 2. The van der Waals surface area contributed by atoms with E-state index in [4.69, 9.17) is 0 Å². The van der Waals surface area contributed by atoms with Crippen LogP contribution in [0, 0.1) is 19.7 Å². The molecular weight excluding hydrogens is 417 g/mol. The number of halogens is 1. The van der Waals surface area contributed by atoms with Crippen molar-refractivity contribution in [1.29, 1.82) is 0 Å². The minimum atomic E-state index is -0.367. The summed E-state index contributed by atoms with van der Waals surface area (Å²) in [7, 11) is 0. The van der Waals surface area contributed by atoms with Gasteiger partial charge in [0.05, 0.1) is 12.3 Å². The first-order valence-corrected chi connectivity index (χ1v) is 10.8. The van der Waals surface area contributed by atoms with E-state index < -0.39 is 0 Å². The van der Waals surface area contributed by atoms with Gasteiger partial charge < -0.3 is 15.2 Å². The number of benzene rings is 2. The van der Waals surface area contributed by atoms with E-state index in [1.165, 1.54) is 17.8 Å². The van der Waals surface area contributed by atoms with Crippen molar-refractivity contribution < 1.29 is 14.0 Å². The lowest BCUT2D eigenvalue weighted by atomic mass is 10.1. The van der Waals surface area contributed by atoms with Crippen LogP contribution in [-0.4, -0.2) is 32.3 Å². The Morgan fingerprint density at radius 1 is 1.10 bits per heavy atom. The molecule has 2 aromatic carbocycles. The largest absolute Gasteiger partial charge is 0.345 e. The van der Waals surface area contributed by atoms with E-state index in [-0.39, 0.29) is 29.9 Å². The number of hydrogen-bond acceptors (Lipinski definition) is 5. The summed E-state index contributed by atoms with van der Waals surface area (Å²) in [6, 6.07) is 11.9. The molecule has 1 aromatic heterocycles. The van der Waals surface area contributed by atoms with Crippen LogP contribution in [0.15, 0.2) is 47.6 Å². The second kappa shape index (κ2) is 10.2. The number of aromatic nitrogens is 3. The van der Waals surface area contributed by atoms with Crippen LogP contribution in [0.2, 0.25) is 0 Å². The number of thioether (sulfide) groups is 1. The fourth-order valence-electron chi connectivity index (χ4n) is 2.90. The van der Waals surface area contributed by atoms with Gasteiger partial charge in [-0.25, -0.2) is 4.39 Å². The molecule has 0 aliphatic carbocycles. The molecule has 162 valence electrons. The minimum absolute atomic E-state index is 0.101. The summed E-state index contributed by atoms with van der Waals surface area (Å²) in [6.07, 6.45) is 0. The van der Waals surface area contributed by atoms with Crippen molar-refractivity contribution >= 4 is 29.3 Å². The summed E-state index contributed by atoms with van der Waals surface area (Å²) in [5.74, 6) is -0.118. The minimum Gasteiger partial charge on any atom is -0.345 e. The number of amides is 2. The summed E-state index contributed by atoms with van der Waals surface area (Å²) in [4.78, 5) is 24.6. The zero-order valence-electron chi connectivity index (χ0n) is 17.6. The molecule has 0 saturated carbocycles. The Hall–Kier alpha value is -3.20. The Labute approximate surface area is 184 Å². The lowest BCUT2D eigenvalue weighted by Crippen LogP contribution is -2.24. The van der Waals surface area contributed by atoms with Crippen molar-refractivity contribution in [1.82, 2.24) is 20.1 Å². The average Bonchev–Trinajstić information content (AvgIpc) is 3.16. The van der Waals surface area contributed by atoms with Crippen LogP contribution in [-0.2, 0) is 17.9 Å². The van der Waals surface area contributed by atoms with Gasteiger partial charge in [0, 0.05) is 23.4 Å². The number of aryl methyl sites for hydroxylation is 1. The standard InChI is InChI=1S/C22H24FN5O2S/c1-4-28-19(12-24-21(30)16-10-8-14(2)9-11-16)26-27-22(28)31-13-20(29)25-18-7-5-6-17(23)15(18)3/h5-11H,4,12-13H2,1-3H3,(H,24,30)(H,25,29). The second-order valence-corrected chi connectivity index (χ2v) is 7.88. The fraction of sp³-hybridized carbons (Fsp3) is 0.273. The van der Waals surface area contributed by atoms with Crippen molar-refractivity contribution in [2.45, 2.75) is 39.0 Å². The molecule has 0 aliphatic rings. The van der Waals surface area contributed by atoms with E-state index in [0.29, 0.717) is 34.3 Å². The quantitative estimate of drug-likeness (QED) is 0.520. The number of anilines is 1. The first kappa shape index (κ1) is 22.5. The van der Waals surface area contributed by atoms with Crippen molar-refractivity contribution in [2.75, 3.05) is 11.1 Å². The molecule has 31 heavy (non-hydrogen) atoms. The van der Waals surface area contributed by atoms with Crippen LogP contribution in [0.5, 0.6) is 0 Å². The van der Waals surface area contributed by atoms with Crippen LogP contribution in [0.4, 0.5) is 10.1 Å². The van der Waals surface area contributed by atoms with Gasteiger partial charge in [-0.05, 0) is 45.0 Å². The third kappa shape index (κ3) is 5.69. The topological polar surface area (TPSA) is 88.9 Å². The lowest BCUT2D eigenvalue weighted by molar-refractivity contribution is -0.113. The normalized spacial score (nSPS) is 10.7. The maximum absolute atomic E-state index is 13.6. The van der Waals surface area contributed by atoms with Gasteiger partial charge in [0.2, 0.25) is 5.91 Å². The van der Waals surface area contributed by atoms with Crippen LogP contribution in [0.3, 0.4) is 0 Å².